The van der Waals surface area contributed by atoms with Gasteiger partial charge in [-0.15, -0.1) is 0 Å². The average molecular weight is 253 g/mol. The molecule has 1 heterocycles. The molecule has 0 bridgehead atoms. The van der Waals surface area contributed by atoms with Crippen LogP contribution in [0.2, 0.25) is 0 Å². The first-order chi connectivity index (χ1) is 8.90. The summed E-state index contributed by atoms with van der Waals surface area (Å²) in [4.78, 5) is 5.41. The Hall–Kier alpha value is -0.120. The molecule has 2 rings (SSSR count). The van der Waals surface area contributed by atoms with Crippen LogP contribution in [0.25, 0.3) is 0 Å². The number of unbranched alkanes of at least 4 members (excludes halogenated alkanes) is 2. The van der Waals surface area contributed by atoms with Crippen LogP contribution in [-0.2, 0) is 0 Å². The van der Waals surface area contributed by atoms with Crippen molar-refractivity contribution in [2.45, 2.75) is 57.4 Å². The van der Waals surface area contributed by atoms with Gasteiger partial charge in [-0.25, -0.2) is 0 Å². The zero-order valence-corrected chi connectivity index (χ0v) is 11.9. The molecular formula is C15H31N3. The zero-order chi connectivity index (χ0) is 12.6. The van der Waals surface area contributed by atoms with E-state index in [0.29, 0.717) is 0 Å². The van der Waals surface area contributed by atoms with E-state index < -0.39 is 0 Å². The zero-order valence-electron chi connectivity index (χ0n) is 11.9. The van der Waals surface area contributed by atoms with Crippen molar-refractivity contribution in [3.05, 3.63) is 0 Å². The lowest BCUT2D eigenvalue weighted by molar-refractivity contribution is 0.0782. The van der Waals surface area contributed by atoms with E-state index in [-0.39, 0.29) is 0 Å². The summed E-state index contributed by atoms with van der Waals surface area (Å²) in [7, 11) is 0. The summed E-state index contributed by atoms with van der Waals surface area (Å²) >= 11 is 0. The lowest BCUT2D eigenvalue weighted by Gasteiger charge is -2.40. The smallest absolute Gasteiger partial charge is 0.0113 e. The van der Waals surface area contributed by atoms with E-state index >= 15 is 0 Å². The van der Waals surface area contributed by atoms with Crippen LogP contribution in [0.15, 0.2) is 0 Å². The second kappa shape index (κ2) is 8.13. The maximum atomic E-state index is 5.53. The number of nitrogens with two attached hydrogens (primary N) is 1. The molecule has 0 aromatic rings. The fourth-order valence-corrected chi connectivity index (χ4v) is 3.45. The van der Waals surface area contributed by atoms with Crippen LogP contribution in [0.1, 0.15) is 51.4 Å². The summed E-state index contributed by atoms with van der Waals surface area (Å²) in [5, 5.41) is 0. The van der Waals surface area contributed by atoms with E-state index in [1.54, 1.807) is 0 Å². The molecule has 2 N–H and O–H groups in total. The average Bonchev–Trinajstić information content (AvgIpc) is 2.45. The predicted molar refractivity (Wildman–Crippen MR) is 77.8 cm³/mol. The van der Waals surface area contributed by atoms with Crippen LogP contribution in [0, 0.1) is 0 Å². The Morgan fingerprint density at radius 1 is 0.833 bits per heavy atom. The molecule has 0 spiro atoms. The minimum Gasteiger partial charge on any atom is -0.330 e. The quantitative estimate of drug-likeness (QED) is 0.736. The topological polar surface area (TPSA) is 32.5 Å². The Labute approximate surface area is 113 Å². The minimum atomic E-state index is 0.857. The first kappa shape index (κ1) is 14.3. The summed E-state index contributed by atoms with van der Waals surface area (Å²) < 4.78 is 0. The molecule has 0 radical (unpaired) electrons. The van der Waals surface area contributed by atoms with E-state index in [9.17, 15) is 0 Å². The Kier molecular flexibility index (Phi) is 6.46. The molecule has 0 atom stereocenters. The highest BCUT2D eigenvalue weighted by atomic mass is 15.3. The predicted octanol–water partition coefficient (Wildman–Crippen LogP) is 2.07. The molecule has 1 aliphatic carbocycles. The first-order valence-electron chi connectivity index (χ1n) is 8.06. The van der Waals surface area contributed by atoms with E-state index in [0.717, 1.165) is 12.6 Å². The molecule has 1 saturated carbocycles. The molecule has 0 amide bonds. The molecule has 18 heavy (non-hydrogen) atoms. The fourth-order valence-electron chi connectivity index (χ4n) is 3.45. The van der Waals surface area contributed by atoms with Gasteiger partial charge >= 0.3 is 0 Å². The number of rotatable bonds is 6. The molecule has 0 unspecified atom stereocenters. The molecule has 106 valence electrons. The van der Waals surface area contributed by atoms with Crippen molar-refractivity contribution in [2.24, 2.45) is 5.73 Å². The van der Waals surface area contributed by atoms with Gasteiger partial charge < -0.3 is 10.6 Å². The summed E-state index contributed by atoms with van der Waals surface area (Å²) in [6.07, 6.45) is 11.1. The van der Waals surface area contributed by atoms with Crippen molar-refractivity contribution in [1.82, 2.24) is 9.80 Å². The van der Waals surface area contributed by atoms with Crippen LogP contribution in [-0.4, -0.2) is 55.1 Å². The van der Waals surface area contributed by atoms with Crippen molar-refractivity contribution in [3.63, 3.8) is 0 Å². The van der Waals surface area contributed by atoms with Gasteiger partial charge in [0.2, 0.25) is 0 Å². The highest BCUT2D eigenvalue weighted by Crippen LogP contribution is 2.23. The summed E-state index contributed by atoms with van der Waals surface area (Å²) in [5.74, 6) is 0. The van der Waals surface area contributed by atoms with Crippen molar-refractivity contribution in [3.8, 4) is 0 Å². The number of piperazine rings is 1. The second-order valence-corrected chi connectivity index (χ2v) is 6.02. The Bertz CT molecular complexity index is 206. The normalized spacial score (nSPS) is 24.5. The minimum absolute atomic E-state index is 0.857. The number of nitrogens with zero attached hydrogens (tertiary/aromatic N) is 2. The van der Waals surface area contributed by atoms with Gasteiger partial charge in [0.15, 0.2) is 0 Å². The number of hydrogen-bond acceptors (Lipinski definition) is 3. The van der Waals surface area contributed by atoms with Crippen LogP contribution in [0.5, 0.6) is 0 Å². The standard InChI is InChI=1S/C15H31N3/c16-9-5-2-6-10-17-11-13-18(14-12-17)15-7-3-1-4-8-15/h15H,1-14,16H2. The molecule has 2 aliphatic rings. The van der Waals surface area contributed by atoms with Crippen molar-refractivity contribution < 1.29 is 0 Å². The lowest BCUT2D eigenvalue weighted by atomic mass is 9.94. The molecular weight excluding hydrogens is 222 g/mol. The highest BCUT2D eigenvalue weighted by Gasteiger charge is 2.24. The second-order valence-electron chi connectivity index (χ2n) is 6.02. The molecule has 1 aliphatic heterocycles. The number of hydrogen-bond donors (Lipinski definition) is 1. The first-order valence-corrected chi connectivity index (χ1v) is 8.06. The molecule has 2 fully saturated rings. The molecule has 3 heteroatoms. The van der Waals surface area contributed by atoms with Gasteiger partial charge in [-0.1, -0.05) is 25.7 Å². The maximum Gasteiger partial charge on any atom is 0.0113 e. The Balaban J connectivity index is 1.58. The van der Waals surface area contributed by atoms with E-state index in [1.165, 1.54) is 84.1 Å². The Morgan fingerprint density at radius 2 is 1.56 bits per heavy atom. The third-order valence-electron chi connectivity index (χ3n) is 4.68. The fraction of sp³-hybridized carbons (Fsp3) is 1.00. The molecule has 0 aromatic heterocycles. The van der Waals surface area contributed by atoms with Crippen LogP contribution in [0.4, 0.5) is 0 Å². The van der Waals surface area contributed by atoms with Crippen LogP contribution < -0.4 is 5.73 Å². The maximum absolute atomic E-state index is 5.53. The SMILES string of the molecule is NCCCCCN1CCN(C2CCCCC2)CC1. The van der Waals surface area contributed by atoms with E-state index in [1.807, 2.05) is 0 Å². The van der Waals surface area contributed by atoms with Crippen LogP contribution in [0.3, 0.4) is 0 Å². The molecule has 3 nitrogen and oxygen atoms in total. The van der Waals surface area contributed by atoms with Gasteiger partial charge in [-0.3, -0.25) is 4.90 Å². The van der Waals surface area contributed by atoms with Gasteiger partial charge in [0, 0.05) is 32.2 Å². The van der Waals surface area contributed by atoms with Gasteiger partial charge in [0.1, 0.15) is 0 Å². The summed E-state index contributed by atoms with van der Waals surface area (Å²) in [6, 6.07) is 0.915. The van der Waals surface area contributed by atoms with Gasteiger partial charge in [0.05, 0.1) is 0 Å². The summed E-state index contributed by atoms with van der Waals surface area (Å²) in [6.45, 7) is 7.34. The van der Waals surface area contributed by atoms with E-state index in [4.69, 9.17) is 5.73 Å². The van der Waals surface area contributed by atoms with Gasteiger partial charge in [-0.2, -0.15) is 0 Å². The van der Waals surface area contributed by atoms with Crippen LogP contribution >= 0.6 is 0 Å². The monoisotopic (exact) mass is 253 g/mol. The lowest BCUT2D eigenvalue weighted by Crippen LogP contribution is -2.50. The third-order valence-corrected chi connectivity index (χ3v) is 4.68. The Morgan fingerprint density at radius 3 is 2.22 bits per heavy atom. The summed E-state index contributed by atoms with van der Waals surface area (Å²) in [5.41, 5.74) is 5.53. The third kappa shape index (κ3) is 4.52. The highest BCUT2D eigenvalue weighted by molar-refractivity contribution is 4.80. The molecule has 0 aromatic carbocycles. The van der Waals surface area contributed by atoms with Crippen molar-refractivity contribution in [2.75, 3.05) is 39.3 Å². The molecule has 1 saturated heterocycles. The largest absolute Gasteiger partial charge is 0.330 e. The van der Waals surface area contributed by atoms with Crippen molar-refractivity contribution in [1.29, 1.82) is 0 Å². The van der Waals surface area contributed by atoms with Gasteiger partial charge in [-0.05, 0) is 38.8 Å². The van der Waals surface area contributed by atoms with Crippen molar-refractivity contribution >= 4 is 0 Å². The van der Waals surface area contributed by atoms with Gasteiger partial charge in [0.25, 0.3) is 0 Å². The van der Waals surface area contributed by atoms with E-state index in [2.05, 4.69) is 9.80 Å².